The van der Waals surface area contributed by atoms with Gasteiger partial charge in [0.2, 0.25) is 0 Å². The summed E-state index contributed by atoms with van der Waals surface area (Å²) in [7, 11) is 0. The van der Waals surface area contributed by atoms with Gasteiger partial charge in [-0.15, -0.1) is 0 Å². The first kappa shape index (κ1) is 24.5. The number of anilines is 2. The summed E-state index contributed by atoms with van der Waals surface area (Å²) in [5, 5.41) is 0. The predicted octanol–water partition coefficient (Wildman–Crippen LogP) is 9.92. The van der Waals surface area contributed by atoms with E-state index in [2.05, 4.69) is 134 Å². The van der Waals surface area contributed by atoms with Crippen molar-refractivity contribution >= 4 is 17.5 Å². The third-order valence-electron chi connectivity index (χ3n) is 5.95. The first-order chi connectivity index (χ1) is 17.7. The van der Waals surface area contributed by atoms with Crippen molar-refractivity contribution in [2.24, 2.45) is 0 Å². The number of benzene rings is 4. The minimum Gasteiger partial charge on any atom is -0.317 e. The third kappa shape index (κ3) is 6.08. The van der Waals surface area contributed by atoms with Crippen LogP contribution in [0.1, 0.15) is 11.1 Å². The molecule has 0 atom stereocenters. The van der Waals surface area contributed by atoms with E-state index >= 15 is 0 Å². The van der Waals surface area contributed by atoms with Crippen LogP contribution in [-0.4, -0.2) is 0 Å². The summed E-state index contributed by atoms with van der Waals surface area (Å²) in [6, 6.07) is 34.5. The molecule has 4 aromatic carbocycles. The van der Waals surface area contributed by atoms with Crippen LogP contribution < -0.4 is 4.90 Å². The number of hydrogen-bond acceptors (Lipinski definition) is 1. The van der Waals surface area contributed by atoms with Gasteiger partial charge in [0.05, 0.1) is 5.69 Å². The highest BCUT2D eigenvalue weighted by Crippen LogP contribution is 2.32. The average Bonchev–Trinajstić information content (AvgIpc) is 2.93. The Hall–Kier alpha value is -4.62. The highest BCUT2D eigenvalue weighted by molar-refractivity contribution is 5.78. The van der Waals surface area contributed by atoms with Crippen molar-refractivity contribution < 1.29 is 0 Å². The summed E-state index contributed by atoms with van der Waals surface area (Å²) < 4.78 is 0. The molecule has 0 bridgehead atoms. The molecule has 36 heavy (non-hydrogen) atoms. The van der Waals surface area contributed by atoms with Crippen LogP contribution >= 0.6 is 0 Å². The number of nitrogens with zero attached hydrogens (tertiary/aromatic N) is 1. The second-order valence-corrected chi connectivity index (χ2v) is 8.48. The summed E-state index contributed by atoms with van der Waals surface area (Å²) in [6.07, 6.45) is 15.6. The van der Waals surface area contributed by atoms with Gasteiger partial charge in [0.1, 0.15) is 0 Å². The van der Waals surface area contributed by atoms with Crippen LogP contribution in [0.4, 0.5) is 11.4 Å². The molecule has 0 spiro atoms. The first-order valence-corrected chi connectivity index (χ1v) is 12.1. The summed E-state index contributed by atoms with van der Waals surface area (Å²) in [6.45, 7) is 9.68. The van der Waals surface area contributed by atoms with Crippen molar-refractivity contribution in [1.29, 1.82) is 0 Å². The van der Waals surface area contributed by atoms with E-state index in [1.54, 1.807) is 12.2 Å². The number of para-hydroxylation sites is 1. The van der Waals surface area contributed by atoms with Crippen molar-refractivity contribution in [2.45, 2.75) is 6.92 Å². The Morgan fingerprint density at radius 1 is 0.556 bits per heavy atom. The molecule has 0 aliphatic rings. The van der Waals surface area contributed by atoms with E-state index in [0.717, 1.165) is 16.9 Å². The van der Waals surface area contributed by atoms with Gasteiger partial charge in [0, 0.05) is 11.9 Å². The second-order valence-electron chi connectivity index (χ2n) is 8.48. The predicted molar refractivity (Wildman–Crippen MR) is 158 cm³/mol. The fraction of sp³-hybridized carbons (Fsp3) is 0.0286. The standard InChI is InChI=1S/C35H31N/c1-4-6-8-11-27-36(35-14-10-9-13-33(35)12-7-5-2)34-25-23-32(24-26-34)31-21-19-30(20-22-31)29-17-15-28(3)16-18-29/h4-27H,1-2H2,3H3/b8-6-,12-7-,27-11-. The first-order valence-electron chi connectivity index (χ1n) is 12.1. The Bertz CT molecular complexity index is 1380. The molecule has 0 saturated carbocycles. The monoisotopic (exact) mass is 465 g/mol. The molecular weight excluding hydrogens is 434 g/mol. The molecule has 0 aliphatic heterocycles. The van der Waals surface area contributed by atoms with E-state index in [-0.39, 0.29) is 0 Å². The Labute approximate surface area is 215 Å². The number of allylic oxidation sites excluding steroid dienone is 6. The maximum Gasteiger partial charge on any atom is 0.0527 e. The topological polar surface area (TPSA) is 3.24 Å². The lowest BCUT2D eigenvalue weighted by Gasteiger charge is -2.23. The number of rotatable bonds is 9. The quantitative estimate of drug-likeness (QED) is 0.222. The molecule has 0 fully saturated rings. The van der Waals surface area contributed by atoms with Gasteiger partial charge in [-0.25, -0.2) is 0 Å². The van der Waals surface area contributed by atoms with Gasteiger partial charge in [-0.2, -0.15) is 0 Å². The van der Waals surface area contributed by atoms with Crippen LogP contribution in [0.5, 0.6) is 0 Å². The van der Waals surface area contributed by atoms with Gasteiger partial charge in [-0.1, -0.05) is 134 Å². The molecule has 0 heterocycles. The van der Waals surface area contributed by atoms with Crippen LogP contribution in [0.25, 0.3) is 28.3 Å². The van der Waals surface area contributed by atoms with Crippen LogP contribution in [0.3, 0.4) is 0 Å². The molecule has 0 N–H and O–H groups in total. The molecule has 0 saturated heterocycles. The van der Waals surface area contributed by atoms with Gasteiger partial charge < -0.3 is 4.90 Å². The fourth-order valence-corrected chi connectivity index (χ4v) is 4.02. The van der Waals surface area contributed by atoms with Crippen LogP contribution in [0.15, 0.2) is 153 Å². The molecule has 0 aromatic heterocycles. The van der Waals surface area contributed by atoms with Crippen molar-refractivity contribution in [3.63, 3.8) is 0 Å². The molecule has 1 heteroatoms. The van der Waals surface area contributed by atoms with E-state index < -0.39 is 0 Å². The molecule has 0 radical (unpaired) electrons. The lowest BCUT2D eigenvalue weighted by Crippen LogP contribution is -2.09. The zero-order valence-corrected chi connectivity index (χ0v) is 20.7. The minimum atomic E-state index is 1.08. The van der Waals surface area contributed by atoms with Gasteiger partial charge in [0.15, 0.2) is 0 Å². The molecule has 4 rings (SSSR count). The molecule has 4 aromatic rings. The van der Waals surface area contributed by atoms with Crippen LogP contribution in [-0.2, 0) is 0 Å². The molecule has 176 valence electrons. The van der Waals surface area contributed by atoms with Gasteiger partial charge in [-0.3, -0.25) is 0 Å². The van der Waals surface area contributed by atoms with Crippen LogP contribution in [0.2, 0.25) is 0 Å². The summed E-state index contributed by atoms with van der Waals surface area (Å²) in [4.78, 5) is 2.19. The minimum absolute atomic E-state index is 1.08. The Kier molecular flexibility index (Phi) is 8.30. The van der Waals surface area contributed by atoms with Crippen molar-refractivity contribution in [3.05, 3.63) is 164 Å². The Balaban J connectivity index is 1.64. The molecular formula is C35H31N. The smallest absolute Gasteiger partial charge is 0.0527 e. The largest absolute Gasteiger partial charge is 0.317 e. The van der Waals surface area contributed by atoms with Crippen molar-refractivity contribution in [1.82, 2.24) is 0 Å². The van der Waals surface area contributed by atoms with E-state index in [0.29, 0.717) is 0 Å². The van der Waals surface area contributed by atoms with Crippen LogP contribution in [0, 0.1) is 6.92 Å². The average molecular weight is 466 g/mol. The Morgan fingerprint density at radius 2 is 1.08 bits per heavy atom. The molecule has 0 aliphatic carbocycles. The number of hydrogen-bond donors (Lipinski definition) is 0. The van der Waals surface area contributed by atoms with Gasteiger partial charge in [0.25, 0.3) is 0 Å². The second kappa shape index (κ2) is 12.2. The summed E-state index contributed by atoms with van der Waals surface area (Å²) in [5.41, 5.74) is 9.41. The fourth-order valence-electron chi connectivity index (χ4n) is 4.02. The number of aryl methyl sites for hydroxylation is 1. The third-order valence-corrected chi connectivity index (χ3v) is 5.95. The molecule has 1 nitrogen and oxygen atoms in total. The Morgan fingerprint density at radius 3 is 1.67 bits per heavy atom. The molecule has 0 unspecified atom stereocenters. The van der Waals surface area contributed by atoms with Crippen molar-refractivity contribution in [2.75, 3.05) is 4.90 Å². The van der Waals surface area contributed by atoms with Crippen molar-refractivity contribution in [3.8, 4) is 22.3 Å². The lowest BCUT2D eigenvalue weighted by molar-refractivity contribution is 1.27. The van der Waals surface area contributed by atoms with E-state index in [4.69, 9.17) is 0 Å². The van der Waals surface area contributed by atoms with E-state index in [1.165, 1.54) is 27.8 Å². The van der Waals surface area contributed by atoms with E-state index in [1.807, 2.05) is 24.3 Å². The van der Waals surface area contributed by atoms with Gasteiger partial charge in [-0.05, 0) is 59.0 Å². The van der Waals surface area contributed by atoms with Gasteiger partial charge >= 0.3 is 0 Å². The summed E-state index contributed by atoms with van der Waals surface area (Å²) in [5.74, 6) is 0. The lowest BCUT2D eigenvalue weighted by atomic mass is 9.99. The maximum atomic E-state index is 3.81. The summed E-state index contributed by atoms with van der Waals surface area (Å²) >= 11 is 0. The van der Waals surface area contributed by atoms with E-state index in [9.17, 15) is 0 Å². The molecule has 0 amide bonds. The highest BCUT2D eigenvalue weighted by atomic mass is 15.1. The highest BCUT2D eigenvalue weighted by Gasteiger charge is 2.10. The normalized spacial score (nSPS) is 11.4. The maximum absolute atomic E-state index is 3.81. The zero-order valence-electron chi connectivity index (χ0n) is 20.7. The zero-order chi connectivity index (χ0) is 25.2. The SMILES string of the molecule is C=C/C=C\C=C/N(c1ccc(-c2ccc(-c3ccc(C)cc3)cc2)cc1)c1ccccc1/C=C\C=C.